The van der Waals surface area contributed by atoms with Crippen LogP contribution in [0.5, 0.6) is 5.75 Å². The highest BCUT2D eigenvalue weighted by Crippen LogP contribution is 2.07. The first-order valence-corrected chi connectivity index (χ1v) is 6.03. The quantitative estimate of drug-likeness (QED) is 0.279. The van der Waals surface area contributed by atoms with Crippen molar-refractivity contribution in [1.29, 1.82) is 0 Å². The van der Waals surface area contributed by atoms with Crippen LogP contribution in [0.1, 0.15) is 5.56 Å². The van der Waals surface area contributed by atoms with Crippen molar-refractivity contribution in [3.8, 4) is 18.1 Å². The van der Waals surface area contributed by atoms with E-state index >= 15 is 0 Å². The summed E-state index contributed by atoms with van der Waals surface area (Å²) in [7, 11) is 0. The van der Waals surface area contributed by atoms with Crippen molar-refractivity contribution in [2.75, 3.05) is 0 Å². The molecule has 0 aliphatic rings. The van der Waals surface area contributed by atoms with Gasteiger partial charge in [0.1, 0.15) is 11.8 Å². The molecule has 1 aromatic heterocycles. The maximum absolute atomic E-state index is 12.1. The van der Waals surface area contributed by atoms with Crippen LogP contribution in [0.4, 0.5) is 0 Å². The summed E-state index contributed by atoms with van der Waals surface area (Å²) in [6.45, 7) is 0. The van der Waals surface area contributed by atoms with E-state index in [1.165, 1.54) is 12.4 Å². The second-order valence-electron chi connectivity index (χ2n) is 3.44. The van der Waals surface area contributed by atoms with Crippen LogP contribution in [-0.2, 0) is 9.32 Å². The molecule has 0 amide bonds. The molecule has 0 bridgehead atoms. The number of terminal acetylenes is 1. The maximum atomic E-state index is 12.1. The minimum Gasteiger partial charge on any atom is -0.293 e. The molecule has 0 fully saturated rings. The van der Waals surface area contributed by atoms with Gasteiger partial charge in [-0.25, -0.2) is 0 Å². The molecule has 1 aromatic carbocycles. The molecular weight excluding hydrogens is 282 g/mol. The monoisotopic (exact) mass is 292 g/mol. The van der Waals surface area contributed by atoms with Gasteiger partial charge < -0.3 is 0 Å². The van der Waals surface area contributed by atoms with Gasteiger partial charge in [-0.2, -0.15) is 10.7 Å². The van der Waals surface area contributed by atoms with Crippen LogP contribution >= 0.6 is 12.2 Å². The zero-order chi connectivity index (χ0) is 14.4. The van der Waals surface area contributed by atoms with Crippen molar-refractivity contribution in [3.63, 3.8) is 0 Å². The Bertz CT molecular complexity index is 681. The van der Waals surface area contributed by atoms with Gasteiger partial charge in [-0.05, 0) is 16.9 Å². The lowest BCUT2D eigenvalue weighted by atomic mass is 10.3. The second kappa shape index (κ2) is 6.74. The molecule has 0 unspecified atom stereocenters. The Kier molecular flexibility index (Phi) is 4.75. The molecular formula is C12H10N3O4S+. The van der Waals surface area contributed by atoms with E-state index in [9.17, 15) is 4.79 Å². The van der Waals surface area contributed by atoms with Crippen molar-refractivity contribution in [2.45, 2.75) is 0 Å². The molecule has 1 heterocycles. The lowest BCUT2D eigenvalue weighted by Gasteiger charge is -2.02. The first-order valence-electron chi connectivity index (χ1n) is 5.33. The van der Waals surface area contributed by atoms with E-state index < -0.39 is 5.69 Å². The van der Waals surface area contributed by atoms with Gasteiger partial charge in [-0.1, -0.05) is 28.5 Å². The summed E-state index contributed by atoms with van der Waals surface area (Å²) in [6, 6.07) is 8.78. The van der Waals surface area contributed by atoms with Crippen molar-refractivity contribution < 1.29 is 18.9 Å². The molecule has 2 aromatic rings. The SMILES string of the molecule is C#Cc1cn(SOON)c(=O)[n+](Oc2ccccc2)c1. The Hall–Kier alpha value is -2.31. The Morgan fingerprint density at radius 3 is 2.75 bits per heavy atom. The first-order chi connectivity index (χ1) is 9.74. The van der Waals surface area contributed by atoms with Gasteiger partial charge in [0, 0.05) is 0 Å². The second-order valence-corrected chi connectivity index (χ2v) is 4.11. The Balaban J connectivity index is 2.37. The standard InChI is InChI=1S/C12H10N3O4S/c1-2-10-8-14(17-11-6-4-3-5-7-11)12(16)15(9-10)20-19-18-13/h1,3-9H,13H2/q+1. The number of hydrogen-bond acceptors (Lipinski definition) is 6. The number of benzene rings is 1. The molecule has 0 atom stereocenters. The van der Waals surface area contributed by atoms with Crippen LogP contribution in [0.3, 0.4) is 0 Å². The van der Waals surface area contributed by atoms with Crippen LogP contribution in [0, 0.1) is 12.3 Å². The summed E-state index contributed by atoms with van der Waals surface area (Å²) >= 11 is 0.562. The minimum atomic E-state index is -0.532. The Morgan fingerprint density at radius 1 is 1.35 bits per heavy atom. The minimum absolute atomic E-state index is 0.411. The van der Waals surface area contributed by atoms with Crippen LogP contribution in [0.15, 0.2) is 47.5 Å². The smallest absolute Gasteiger partial charge is 0.293 e. The summed E-state index contributed by atoms with van der Waals surface area (Å²) in [5.41, 5.74) is -0.122. The van der Waals surface area contributed by atoms with Crippen LogP contribution in [0.25, 0.3) is 0 Å². The third-order valence-corrected chi connectivity index (χ3v) is 2.72. The highest BCUT2D eigenvalue weighted by atomic mass is 32.2. The summed E-state index contributed by atoms with van der Waals surface area (Å²) in [6.07, 6.45) is 8.09. The summed E-state index contributed by atoms with van der Waals surface area (Å²) in [5, 5.41) is 0. The van der Waals surface area contributed by atoms with E-state index in [0.717, 1.165) is 8.70 Å². The van der Waals surface area contributed by atoms with E-state index in [0.29, 0.717) is 23.5 Å². The summed E-state index contributed by atoms with van der Waals surface area (Å²) < 4.78 is 6.48. The van der Waals surface area contributed by atoms with Gasteiger partial charge >= 0.3 is 5.69 Å². The Labute approximate surface area is 118 Å². The molecule has 0 aliphatic carbocycles. The number of nitrogens with two attached hydrogens (primary N) is 1. The van der Waals surface area contributed by atoms with Crippen molar-refractivity contribution in [3.05, 3.63) is 58.8 Å². The fourth-order valence-corrected chi connectivity index (χ4v) is 1.73. The molecule has 8 heteroatoms. The van der Waals surface area contributed by atoms with Crippen LogP contribution in [-0.4, -0.2) is 3.97 Å². The highest BCUT2D eigenvalue weighted by Gasteiger charge is 2.17. The number of rotatable bonds is 5. The average molecular weight is 292 g/mol. The van der Waals surface area contributed by atoms with Gasteiger partial charge in [0.2, 0.25) is 0 Å². The molecule has 7 nitrogen and oxygen atoms in total. The molecule has 0 saturated heterocycles. The van der Waals surface area contributed by atoms with E-state index in [4.69, 9.17) is 17.2 Å². The highest BCUT2D eigenvalue weighted by molar-refractivity contribution is 7.93. The van der Waals surface area contributed by atoms with Crippen molar-refractivity contribution in [2.24, 2.45) is 5.90 Å². The van der Waals surface area contributed by atoms with Crippen LogP contribution < -0.4 is 21.2 Å². The Morgan fingerprint density at radius 2 is 2.10 bits per heavy atom. The predicted octanol–water partition coefficient (Wildman–Crippen LogP) is 0.192. The number of para-hydroxylation sites is 1. The topological polar surface area (TPSA) is 79.6 Å². The van der Waals surface area contributed by atoms with Crippen molar-refractivity contribution in [1.82, 2.24) is 3.97 Å². The summed E-state index contributed by atoms with van der Waals surface area (Å²) in [5.74, 6) is 7.60. The maximum Gasteiger partial charge on any atom is 0.551 e. The normalized spacial score (nSPS) is 10.0. The van der Waals surface area contributed by atoms with Gasteiger partial charge in [0.15, 0.2) is 11.9 Å². The molecule has 2 rings (SSSR count). The molecule has 102 valence electrons. The van der Waals surface area contributed by atoms with Crippen molar-refractivity contribution >= 4 is 12.2 Å². The predicted molar refractivity (Wildman–Crippen MR) is 70.6 cm³/mol. The molecule has 0 aliphatic heterocycles. The molecule has 0 spiro atoms. The molecule has 0 radical (unpaired) electrons. The number of nitrogens with zero attached hydrogens (tertiary/aromatic N) is 2. The summed E-state index contributed by atoms with van der Waals surface area (Å²) in [4.78, 5) is 21.4. The number of aromatic nitrogens is 2. The lowest BCUT2D eigenvalue weighted by molar-refractivity contribution is -0.888. The van der Waals surface area contributed by atoms with Gasteiger partial charge in [0.25, 0.3) is 12.2 Å². The molecule has 0 saturated carbocycles. The molecule has 20 heavy (non-hydrogen) atoms. The third-order valence-electron chi connectivity index (χ3n) is 2.15. The first kappa shape index (κ1) is 14.1. The fourth-order valence-electron chi connectivity index (χ4n) is 1.33. The van der Waals surface area contributed by atoms with Gasteiger partial charge in [-0.3, -0.25) is 4.84 Å². The van der Waals surface area contributed by atoms with E-state index in [-0.39, 0.29) is 0 Å². The lowest BCUT2D eigenvalue weighted by Crippen LogP contribution is -2.57. The zero-order valence-electron chi connectivity index (χ0n) is 10.1. The van der Waals surface area contributed by atoms with E-state index in [2.05, 4.69) is 15.2 Å². The van der Waals surface area contributed by atoms with Crippen LogP contribution in [0.2, 0.25) is 0 Å². The van der Waals surface area contributed by atoms with Gasteiger partial charge in [0.05, 0.1) is 0 Å². The average Bonchev–Trinajstić information content (AvgIpc) is 2.49. The fraction of sp³-hybridized carbons (Fsp3) is 0. The molecule has 2 N–H and O–H groups in total. The van der Waals surface area contributed by atoms with E-state index in [1.54, 1.807) is 24.3 Å². The zero-order valence-corrected chi connectivity index (χ0v) is 10.9. The third kappa shape index (κ3) is 3.37. The van der Waals surface area contributed by atoms with Gasteiger partial charge in [-0.15, -0.1) is 15.4 Å². The van der Waals surface area contributed by atoms with E-state index in [1.807, 2.05) is 6.07 Å². The largest absolute Gasteiger partial charge is 0.551 e. The number of hydrogen-bond donors (Lipinski definition) is 1.